The first-order valence-electron chi connectivity index (χ1n) is 9.34. The summed E-state index contributed by atoms with van der Waals surface area (Å²) in [5, 5.41) is 2.97. The Balaban J connectivity index is 1.78. The quantitative estimate of drug-likeness (QED) is 0.803. The minimum absolute atomic E-state index is 0.0605. The van der Waals surface area contributed by atoms with E-state index in [0.717, 1.165) is 36.7 Å². The van der Waals surface area contributed by atoms with E-state index in [1.165, 1.54) is 25.0 Å². The summed E-state index contributed by atoms with van der Waals surface area (Å²) in [6, 6.07) is 5.36. The highest BCUT2D eigenvalue weighted by atomic mass is 19.4. The number of benzene rings is 1. The van der Waals surface area contributed by atoms with Gasteiger partial charge in [0.2, 0.25) is 5.91 Å². The summed E-state index contributed by atoms with van der Waals surface area (Å²) >= 11 is 0. The van der Waals surface area contributed by atoms with Gasteiger partial charge >= 0.3 is 6.18 Å². The highest BCUT2D eigenvalue weighted by molar-refractivity contribution is 5.76. The molecular weight excluding hydrogens is 341 g/mol. The summed E-state index contributed by atoms with van der Waals surface area (Å²) in [5.74, 6) is 0.593. The maximum absolute atomic E-state index is 12.6. The van der Waals surface area contributed by atoms with Crippen molar-refractivity contribution in [3.8, 4) is 0 Å². The molecule has 1 aromatic rings. The minimum Gasteiger partial charge on any atom is -0.355 e. The number of hydrogen-bond donors (Lipinski definition) is 1. The molecule has 0 spiro atoms. The van der Waals surface area contributed by atoms with E-state index in [1.807, 2.05) is 6.92 Å². The molecule has 0 unspecified atom stereocenters. The van der Waals surface area contributed by atoms with E-state index in [-0.39, 0.29) is 18.2 Å². The third kappa shape index (κ3) is 6.01. The Morgan fingerprint density at radius 3 is 2.31 bits per heavy atom. The summed E-state index contributed by atoms with van der Waals surface area (Å²) < 4.78 is 37.8. The van der Waals surface area contributed by atoms with Crippen molar-refractivity contribution in [1.29, 1.82) is 0 Å². The lowest BCUT2D eigenvalue weighted by Gasteiger charge is -2.35. The Morgan fingerprint density at radius 2 is 1.77 bits per heavy atom. The van der Waals surface area contributed by atoms with E-state index >= 15 is 0 Å². The van der Waals surface area contributed by atoms with E-state index in [0.29, 0.717) is 12.6 Å². The Morgan fingerprint density at radius 1 is 1.19 bits per heavy atom. The summed E-state index contributed by atoms with van der Waals surface area (Å²) in [6.07, 6.45) is -1.66. The number of piperidine rings is 1. The van der Waals surface area contributed by atoms with Gasteiger partial charge < -0.3 is 5.32 Å². The van der Waals surface area contributed by atoms with Crippen LogP contribution in [0.15, 0.2) is 24.3 Å². The molecule has 0 bridgehead atoms. The van der Waals surface area contributed by atoms with E-state index in [2.05, 4.69) is 24.1 Å². The number of likely N-dealkylation sites (tertiary alicyclic amines) is 1. The molecule has 3 nitrogen and oxygen atoms in total. The van der Waals surface area contributed by atoms with Crippen LogP contribution in [0.3, 0.4) is 0 Å². The Bertz CT molecular complexity index is 578. The maximum Gasteiger partial charge on any atom is 0.416 e. The number of halogens is 3. The van der Waals surface area contributed by atoms with Crippen LogP contribution < -0.4 is 5.32 Å². The SMILES string of the molecule is CC1CCN([C@@H](C)CNC(=O)C[C@H](C)c2ccc(C(F)(F)F)cc2)CC1. The zero-order chi connectivity index (χ0) is 19.3. The van der Waals surface area contributed by atoms with Crippen LogP contribution in [-0.2, 0) is 11.0 Å². The monoisotopic (exact) mass is 370 g/mol. The molecule has 1 aliphatic heterocycles. The van der Waals surface area contributed by atoms with E-state index in [9.17, 15) is 18.0 Å². The van der Waals surface area contributed by atoms with Gasteiger partial charge in [0.25, 0.3) is 0 Å². The summed E-state index contributed by atoms with van der Waals surface area (Å²) in [4.78, 5) is 14.6. The minimum atomic E-state index is -4.33. The fourth-order valence-corrected chi connectivity index (χ4v) is 3.33. The topological polar surface area (TPSA) is 32.3 Å². The van der Waals surface area contributed by atoms with Crippen molar-refractivity contribution in [3.05, 3.63) is 35.4 Å². The van der Waals surface area contributed by atoms with E-state index in [4.69, 9.17) is 0 Å². The van der Waals surface area contributed by atoms with Crippen LogP contribution in [-0.4, -0.2) is 36.5 Å². The zero-order valence-electron chi connectivity index (χ0n) is 15.8. The van der Waals surface area contributed by atoms with Gasteiger partial charge in [0, 0.05) is 19.0 Å². The molecule has 1 saturated heterocycles. The van der Waals surface area contributed by atoms with Gasteiger partial charge in [-0.15, -0.1) is 0 Å². The van der Waals surface area contributed by atoms with Crippen LogP contribution in [0, 0.1) is 5.92 Å². The molecule has 26 heavy (non-hydrogen) atoms. The average Bonchev–Trinajstić information content (AvgIpc) is 2.59. The van der Waals surface area contributed by atoms with Crippen LogP contribution in [0.1, 0.15) is 57.1 Å². The number of hydrogen-bond acceptors (Lipinski definition) is 2. The lowest BCUT2D eigenvalue weighted by Crippen LogP contribution is -2.45. The molecule has 2 atom stereocenters. The van der Waals surface area contributed by atoms with E-state index < -0.39 is 11.7 Å². The molecule has 146 valence electrons. The number of carbonyl (C=O) groups is 1. The molecule has 6 heteroatoms. The van der Waals surface area contributed by atoms with E-state index in [1.54, 1.807) is 0 Å². The second-order valence-corrected chi connectivity index (χ2v) is 7.60. The molecule has 0 aliphatic carbocycles. The predicted octanol–water partition coefficient (Wildman–Crippen LogP) is 4.44. The van der Waals surface area contributed by atoms with Crippen LogP contribution in [0.25, 0.3) is 0 Å². The van der Waals surface area contributed by atoms with Crippen molar-refractivity contribution in [2.45, 2.75) is 58.2 Å². The number of rotatable bonds is 6. The van der Waals surface area contributed by atoms with Crippen molar-refractivity contribution in [2.75, 3.05) is 19.6 Å². The predicted molar refractivity (Wildman–Crippen MR) is 96.9 cm³/mol. The largest absolute Gasteiger partial charge is 0.416 e. The van der Waals surface area contributed by atoms with Crippen LogP contribution in [0.2, 0.25) is 0 Å². The van der Waals surface area contributed by atoms with Gasteiger partial charge in [-0.1, -0.05) is 26.0 Å². The first kappa shape index (κ1) is 20.7. The second-order valence-electron chi connectivity index (χ2n) is 7.60. The Labute approximate surface area is 154 Å². The number of alkyl halides is 3. The molecule has 1 heterocycles. The molecule has 0 radical (unpaired) electrons. The van der Waals surface area contributed by atoms with Crippen LogP contribution >= 0.6 is 0 Å². The Hall–Kier alpha value is -1.56. The smallest absolute Gasteiger partial charge is 0.355 e. The molecular formula is C20H29F3N2O. The standard InChI is InChI=1S/C20H29F3N2O/c1-14-8-10-25(11-9-14)16(3)13-24-19(26)12-15(2)17-4-6-18(7-5-17)20(21,22)23/h4-7,14-16H,8-13H2,1-3H3,(H,24,26)/t15-,16-/m0/s1. The lowest BCUT2D eigenvalue weighted by molar-refractivity contribution is -0.137. The van der Waals surface area contributed by atoms with Crippen LogP contribution in [0.5, 0.6) is 0 Å². The molecule has 1 N–H and O–H groups in total. The highest BCUT2D eigenvalue weighted by Gasteiger charge is 2.30. The molecule has 1 fully saturated rings. The summed E-state index contributed by atoms with van der Waals surface area (Å²) in [6.45, 7) is 8.99. The van der Waals surface area contributed by atoms with Crippen molar-refractivity contribution in [3.63, 3.8) is 0 Å². The number of nitrogens with zero attached hydrogens (tertiary/aromatic N) is 1. The van der Waals surface area contributed by atoms with Crippen molar-refractivity contribution < 1.29 is 18.0 Å². The molecule has 1 aliphatic rings. The average molecular weight is 370 g/mol. The summed E-state index contributed by atoms with van der Waals surface area (Å²) in [5.41, 5.74) is 0.0776. The van der Waals surface area contributed by atoms with Gasteiger partial charge in [0.05, 0.1) is 5.56 Å². The third-order valence-electron chi connectivity index (χ3n) is 5.33. The third-order valence-corrected chi connectivity index (χ3v) is 5.33. The first-order valence-corrected chi connectivity index (χ1v) is 9.34. The number of carbonyl (C=O) groups excluding carboxylic acids is 1. The normalized spacial score (nSPS) is 19.2. The second kappa shape index (κ2) is 8.89. The molecule has 2 rings (SSSR count). The molecule has 1 amide bonds. The molecule has 0 saturated carbocycles. The van der Waals surface area contributed by atoms with Crippen molar-refractivity contribution in [2.24, 2.45) is 5.92 Å². The maximum atomic E-state index is 12.6. The number of nitrogens with one attached hydrogen (secondary N) is 1. The highest BCUT2D eigenvalue weighted by Crippen LogP contribution is 2.30. The summed E-state index contributed by atoms with van der Waals surface area (Å²) in [7, 11) is 0. The fraction of sp³-hybridized carbons (Fsp3) is 0.650. The van der Waals surface area contributed by atoms with Gasteiger partial charge in [0.15, 0.2) is 0 Å². The Kier molecular flexibility index (Phi) is 7.09. The van der Waals surface area contributed by atoms with Crippen LogP contribution in [0.4, 0.5) is 13.2 Å². The zero-order valence-corrected chi connectivity index (χ0v) is 15.8. The van der Waals surface area contributed by atoms with Gasteiger partial charge in [-0.25, -0.2) is 0 Å². The molecule has 0 aromatic heterocycles. The van der Waals surface area contributed by atoms with Crippen molar-refractivity contribution >= 4 is 5.91 Å². The van der Waals surface area contributed by atoms with Gasteiger partial charge in [-0.3, -0.25) is 9.69 Å². The fourth-order valence-electron chi connectivity index (χ4n) is 3.33. The number of amides is 1. The first-order chi connectivity index (χ1) is 12.2. The van der Waals surface area contributed by atoms with Gasteiger partial charge in [0.1, 0.15) is 0 Å². The lowest BCUT2D eigenvalue weighted by atomic mass is 9.96. The van der Waals surface area contributed by atoms with Crippen molar-refractivity contribution in [1.82, 2.24) is 10.2 Å². The molecule has 1 aromatic carbocycles. The van der Waals surface area contributed by atoms with Gasteiger partial charge in [-0.05, 0) is 62.4 Å². The van der Waals surface area contributed by atoms with Gasteiger partial charge in [-0.2, -0.15) is 13.2 Å².